The lowest BCUT2D eigenvalue weighted by Gasteiger charge is -2.14. The second-order valence-corrected chi connectivity index (χ2v) is 4.73. The third-order valence-corrected chi connectivity index (χ3v) is 3.45. The summed E-state index contributed by atoms with van der Waals surface area (Å²) in [5.74, 6) is 0.864. The van der Waals surface area contributed by atoms with Crippen molar-refractivity contribution < 1.29 is 4.79 Å². The Hall–Kier alpha value is -1.19. The van der Waals surface area contributed by atoms with Crippen LogP contribution in [0.25, 0.3) is 0 Å². The minimum atomic E-state index is 0.238. The molecule has 1 aromatic rings. The predicted octanol–water partition coefficient (Wildman–Crippen LogP) is 1.54. The Labute approximate surface area is 103 Å². The van der Waals surface area contributed by atoms with Gasteiger partial charge >= 0.3 is 0 Å². The predicted molar refractivity (Wildman–Crippen MR) is 69.0 cm³/mol. The summed E-state index contributed by atoms with van der Waals surface area (Å²) < 4.78 is 0. The molecule has 0 radical (unpaired) electrons. The van der Waals surface area contributed by atoms with Crippen molar-refractivity contribution in [3.8, 4) is 0 Å². The van der Waals surface area contributed by atoms with E-state index in [4.69, 9.17) is 5.73 Å². The summed E-state index contributed by atoms with van der Waals surface area (Å²) in [5.41, 5.74) is 6.47. The Kier molecular flexibility index (Phi) is 4.29. The van der Waals surface area contributed by atoms with Crippen LogP contribution in [-0.4, -0.2) is 36.9 Å². The number of nitrogens with zero attached hydrogens (tertiary/aromatic N) is 1. The summed E-state index contributed by atoms with van der Waals surface area (Å²) in [6.07, 6.45) is 1.79. The van der Waals surface area contributed by atoms with E-state index >= 15 is 0 Å². The fourth-order valence-electron chi connectivity index (χ4n) is 2.34. The molecule has 17 heavy (non-hydrogen) atoms. The molecule has 3 heteroatoms. The number of ketones is 1. The van der Waals surface area contributed by atoms with E-state index in [1.807, 2.05) is 30.3 Å². The van der Waals surface area contributed by atoms with E-state index in [1.165, 1.54) is 6.42 Å². The monoisotopic (exact) mass is 232 g/mol. The van der Waals surface area contributed by atoms with Gasteiger partial charge < -0.3 is 10.6 Å². The molecule has 0 spiro atoms. The smallest absolute Gasteiger partial charge is 0.164 e. The zero-order chi connectivity index (χ0) is 12.1. The van der Waals surface area contributed by atoms with Crippen molar-refractivity contribution in [3.05, 3.63) is 35.9 Å². The van der Waals surface area contributed by atoms with Gasteiger partial charge in [0.05, 0.1) is 0 Å². The minimum absolute atomic E-state index is 0.238. The molecular formula is C14H20N2O. The van der Waals surface area contributed by atoms with Crippen LogP contribution in [0, 0.1) is 5.92 Å². The lowest BCUT2D eigenvalue weighted by molar-refractivity contribution is 0.0968. The maximum Gasteiger partial charge on any atom is 0.164 e. The number of Topliss-reactive ketones (excluding diaryl/α,β-unsaturated/α-hetero) is 1. The second kappa shape index (κ2) is 5.94. The highest BCUT2D eigenvalue weighted by atomic mass is 16.1. The van der Waals surface area contributed by atoms with Crippen LogP contribution in [0.15, 0.2) is 30.3 Å². The quantitative estimate of drug-likeness (QED) is 0.783. The summed E-state index contributed by atoms with van der Waals surface area (Å²) in [5, 5.41) is 0. The zero-order valence-corrected chi connectivity index (χ0v) is 10.1. The molecular weight excluding hydrogens is 212 g/mol. The summed E-state index contributed by atoms with van der Waals surface area (Å²) in [6.45, 7) is 3.77. The molecule has 0 aromatic heterocycles. The Morgan fingerprint density at radius 3 is 2.76 bits per heavy atom. The van der Waals surface area contributed by atoms with Gasteiger partial charge in [-0.15, -0.1) is 0 Å². The summed E-state index contributed by atoms with van der Waals surface area (Å²) in [6, 6.07) is 9.52. The van der Waals surface area contributed by atoms with Crippen LogP contribution in [-0.2, 0) is 0 Å². The molecule has 1 saturated heterocycles. The van der Waals surface area contributed by atoms with E-state index in [0.29, 0.717) is 12.3 Å². The van der Waals surface area contributed by atoms with Crippen LogP contribution in [0.3, 0.4) is 0 Å². The van der Waals surface area contributed by atoms with Crippen molar-refractivity contribution in [1.82, 2.24) is 4.90 Å². The van der Waals surface area contributed by atoms with E-state index in [1.54, 1.807) is 0 Å². The molecule has 1 unspecified atom stereocenters. The minimum Gasteiger partial charge on any atom is -0.330 e. The van der Waals surface area contributed by atoms with Gasteiger partial charge in [-0.2, -0.15) is 0 Å². The molecule has 0 amide bonds. The lowest BCUT2D eigenvalue weighted by atomic mass is 10.1. The highest BCUT2D eigenvalue weighted by Crippen LogP contribution is 2.15. The Morgan fingerprint density at radius 1 is 1.35 bits per heavy atom. The van der Waals surface area contributed by atoms with E-state index in [0.717, 1.165) is 31.7 Å². The molecule has 1 heterocycles. The summed E-state index contributed by atoms with van der Waals surface area (Å²) in [7, 11) is 0. The summed E-state index contributed by atoms with van der Waals surface area (Å²) in [4.78, 5) is 14.2. The molecule has 0 aliphatic carbocycles. The van der Waals surface area contributed by atoms with Crippen LogP contribution in [0.2, 0.25) is 0 Å². The van der Waals surface area contributed by atoms with Crippen LogP contribution in [0.5, 0.6) is 0 Å². The van der Waals surface area contributed by atoms with E-state index in [9.17, 15) is 4.79 Å². The third kappa shape index (κ3) is 3.38. The van der Waals surface area contributed by atoms with Gasteiger partial charge in [-0.05, 0) is 25.4 Å². The number of benzene rings is 1. The first-order valence-corrected chi connectivity index (χ1v) is 6.30. The normalized spacial score (nSPS) is 20.6. The summed E-state index contributed by atoms with van der Waals surface area (Å²) >= 11 is 0. The number of likely N-dealkylation sites (tertiary alicyclic amines) is 1. The van der Waals surface area contributed by atoms with Gasteiger partial charge in [0.15, 0.2) is 5.78 Å². The number of carbonyl (C=O) groups is 1. The standard InChI is InChI=1S/C14H20N2O/c15-10-12-6-8-16(11-12)9-7-14(17)13-4-2-1-3-5-13/h1-5,12H,6-11,15H2. The average molecular weight is 232 g/mol. The average Bonchev–Trinajstić information content (AvgIpc) is 2.85. The zero-order valence-electron chi connectivity index (χ0n) is 10.1. The van der Waals surface area contributed by atoms with Gasteiger partial charge in [-0.25, -0.2) is 0 Å². The number of hydrogen-bond acceptors (Lipinski definition) is 3. The molecule has 3 nitrogen and oxygen atoms in total. The SMILES string of the molecule is NCC1CCN(CCC(=O)c2ccccc2)C1. The van der Waals surface area contributed by atoms with Gasteiger partial charge in [-0.3, -0.25) is 4.79 Å². The number of nitrogens with two attached hydrogens (primary N) is 1. The molecule has 1 fully saturated rings. The largest absolute Gasteiger partial charge is 0.330 e. The van der Waals surface area contributed by atoms with Gasteiger partial charge in [0, 0.05) is 25.1 Å². The highest BCUT2D eigenvalue weighted by Gasteiger charge is 2.21. The van der Waals surface area contributed by atoms with Crippen molar-refractivity contribution >= 4 is 5.78 Å². The molecule has 1 atom stereocenters. The molecule has 0 saturated carbocycles. The molecule has 92 valence electrons. The Balaban J connectivity index is 1.78. The van der Waals surface area contributed by atoms with Crippen LogP contribution in [0.1, 0.15) is 23.2 Å². The number of carbonyl (C=O) groups excluding carboxylic acids is 1. The van der Waals surface area contributed by atoms with Gasteiger partial charge in [0.25, 0.3) is 0 Å². The van der Waals surface area contributed by atoms with Crippen molar-refractivity contribution in [3.63, 3.8) is 0 Å². The van der Waals surface area contributed by atoms with E-state index in [-0.39, 0.29) is 5.78 Å². The van der Waals surface area contributed by atoms with Gasteiger partial charge in [0.2, 0.25) is 0 Å². The van der Waals surface area contributed by atoms with Crippen molar-refractivity contribution in [2.24, 2.45) is 11.7 Å². The lowest BCUT2D eigenvalue weighted by Crippen LogP contribution is -2.25. The maximum absolute atomic E-state index is 11.9. The topological polar surface area (TPSA) is 46.3 Å². The maximum atomic E-state index is 11.9. The highest BCUT2D eigenvalue weighted by molar-refractivity contribution is 5.96. The molecule has 2 rings (SSSR count). The first-order valence-electron chi connectivity index (χ1n) is 6.30. The molecule has 1 aliphatic heterocycles. The Morgan fingerprint density at radius 2 is 2.12 bits per heavy atom. The number of rotatable bonds is 5. The van der Waals surface area contributed by atoms with E-state index in [2.05, 4.69) is 4.90 Å². The molecule has 1 aromatic carbocycles. The molecule has 1 aliphatic rings. The molecule has 2 N–H and O–H groups in total. The molecule has 0 bridgehead atoms. The van der Waals surface area contributed by atoms with Crippen molar-refractivity contribution in [2.45, 2.75) is 12.8 Å². The van der Waals surface area contributed by atoms with Crippen molar-refractivity contribution in [1.29, 1.82) is 0 Å². The fourth-order valence-corrected chi connectivity index (χ4v) is 2.34. The van der Waals surface area contributed by atoms with Gasteiger partial charge in [-0.1, -0.05) is 30.3 Å². The third-order valence-electron chi connectivity index (χ3n) is 3.45. The number of hydrogen-bond donors (Lipinski definition) is 1. The van der Waals surface area contributed by atoms with E-state index < -0.39 is 0 Å². The first kappa shape index (κ1) is 12.3. The first-order chi connectivity index (χ1) is 8.29. The second-order valence-electron chi connectivity index (χ2n) is 4.73. The van der Waals surface area contributed by atoms with Crippen LogP contribution in [0.4, 0.5) is 0 Å². The Bertz CT molecular complexity index is 364. The van der Waals surface area contributed by atoms with Crippen LogP contribution < -0.4 is 5.73 Å². The van der Waals surface area contributed by atoms with Gasteiger partial charge in [0.1, 0.15) is 0 Å². The fraction of sp³-hybridized carbons (Fsp3) is 0.500. The van der Waals surface area contributed by atoms with Crippen molar-refractivity contribution in [2.75, 3.05) is 26.2 Å². The van der Waals surface area contributed by atoms with Crippen LogP contribution >= 0.6 is 0 Å².